The maximum absolute atomic E-state index is 4.57. The van der Waals surface area contributed by atoms with Crippen LogP contribution >= 0.6 is 0 Å². The summed E-state index contributed by atoms with van der Waals surface area (Å²) in [6.07, 6.45) is 5.50. The van der Waals surface area contributed by atoms with Crippen molar-refractivity contribution in [3.05, 3.63) is 0 Å². The van der Waals surface area contributed by atoms with Gasteiger partial charge in [-0.2, -0.15) is 0 Å². The normalized spacial score (nSPS) is 31.3. The minimum atomic E-state index is 0.782. The van der Waals surface area contributed by atoms with Gasteiger partial charge in [0.15, 0.2) is 5.96 Å². The molecule has 0 aromatic rings. The van der Waals surface area contributed by atoms with E-state index in [9.17, 15) is 0 Å². The molecular weight excluding hydrogens is 174 g/mol. The monoisotopic (exact) mass is 195 g/mol. The van der Waals surface area contributed by atoms with Crippen molar-refractivity contribution in [1.29, 1.82) is 0 Å². The lowest BCUT2D eigenvalue weighted by Gasteiger charge is -2.26. The van der Waals surface area contributed by atoms with Gasteiger partial charge in [-0.05, 0) is 39.5 Å². The molecule has 2 saturated heterocycles. The van der Waals surface area contributed by atoms with E-state index in [4.69, 9.17) is 0 Å². The van der Waals surface area contributed by atoms with Gasteiger partial charge in [0.1, 0.15) is 0 Å². The van der Waals surface area contributed by atoms with Gasteiger partial charge in [0, 0.05) is 25.2 Å². The predicted molar refractivity (Wildman–Crippen MR) is 59.5 cm³/mol. The molecule has 2 rings (SSSR count). The summed E-state index contributed by atoms with van der Waals surface area (Å²) in [6, 6.07) is 1.56. The molecule has 1 N–H and O–H groups in total. The molecule has 2 aliphatic rings. The van der Waals surface area contributed by atoms with Crippen LogP contribution in [0.3, 0.4) is 0 Å². The van der Waals surface area contributed by atoms with Gasteiger partial charge < -0.3 is 10.2 Å². The number of nitrogens with zero attached hydrogens (tertiary/aromatic N) is 2. The van der Waals surface area contributed by atoms with E-state index in [-0.39, 0.29) is 0 Å². The van der Waals surface area contributed by atoms with E-state index in [0.29, 0.717) is 0 Å². The van der Waals surface area contributed by atoms with Crippen molar-refractivity contribution in [3.63, 3.8) is 0 Å². The number of guanidine groups is 1. The maximum Gasteiger partial charge on any atom is 0.194 e. The molecule has 2 heterocycles. The number of hydrogen-bond donors (Lipinski definition) is 1. The molecule has 0 atom stereocenters. The van der Waals surface area contributed by atoms with Gasteiger partial charge in [-0.1, -0.05) is 0 Å². The van der Waals surface area contributed by atoms with Crippen LogP contribution in [0.5, 0.6) is 0 Å². The molecule has 2 aliphatic heterocycles. The van der Waals surface area contributed by atoms with Crippen LogP contribution < -0.4 is 5.32 Å². The van der Waals surface area contributed by atoms with Gasteiger partial charge in [-0.25, -0.2) is 0 Å². The van der Waals surface area contributed by atoms with E-state index in [1.165, 1.54) is 25.7 Å². The first-order valence-electron chi connectivity index (χ1n) is 5.93. The third kappa shape index (κ3) is 1.60. The lowest BCUT2D eigenvalue weighted by molar-refractivity contribution is 0.384. The molecule has 0 radical (unpaired) electrons. The highest BCUT2D eigenvalue weighted by molar-refractivity contribution is 5.81. The lowest BCUT2D eigenvalue weighted by atomic mass is 10.0. The maximum atomic E-state index is 4.57. The van der Waals surface area contributed by atoms with Crippen molar-refractivity contribution in [2.75, 3.05) is 13.1 Å². The first-order chi connectivity index (χ1) is 6.86. The zero-order chi connectivity index (χ0) is 9.97. The van der Waals surface area contributed by atoms with Crippen LogP contribution in [0, 0.1) is 0 Å². The number of rotatable bonds is 2. The minimum Gasteiger partial charge on any atom is -0.356 e. The van der Waals surface area contributed by atoms with Crippen LogP contribution in [0.1, 0.15) is 39.5 Å². The molecular formula is C11H21N3. The smallest absolute Gasteiger partial charge is 0.194 e. The third-order valence-electron chi connectivity index (χ3n) is 3.34. The number of nitrogens with one attached hydrogen (secondary N) is 1. The summed E-state index contributed by atoms with van der Waals surface area (Å²) in [4.78, 5) is 7.10. The molecule has 2 fully saturated rings. The summed E-state index contributed by atoms with van der Waals surface area (Å²) in [7, 11) is 0. The van der Waals surface area contributed by atoms with Gasteiger partial charge in [0.05, 0.1) is 0 Å². The fourth-order valence-corrected chi connectivity index (χ4v) is 2.80. The summed E-state index contributed by atoms with van der Waals surface area (Å²) in [6.45, 7) is 6.12. The standard InChI is InChI=1S/C11H21N3/c1-3-12-11(13-4-2)14-9-5-6-10(14)8-7-9/h9-10H,3-8H2,1-2H3,(H,12,13). The van der Waals surface area contributed by atoms with E-state index in [0.717, 1.165) is 31.1 Å². The zero-order valence-electron chi connectivity index (χ0n) is 9.29. The second-order valence-corrected chi connectivity index (χ2v) is 4.20. The Bertz CT molecular complexity index is 205. The molecule has 14 heavy (non-hydrogen) atoms. The molecule has 0 spiro atoms. The Morgan fingerprint density at radius 2 is 1.79 bits per heavy atom. The van der Waals surface area contributed by atoms with Gasteiger partial charge >= 0.3 is 0 Å². The Kier molecular flexibility index (Phi) is 2.94. The molecule has 3 heteroatoms. The lowest BCUT2D eigenvalue weighted by Crippen LogP contribution is -2.44. The van der Waals surface area contributed by atoms with E-state index in [1.807, 2.05) is 0 Å². The molecule has 0 amide bonds. The van der Waals surface area contributed by atoms with Crippen LogP contribution in [0.2, 0.25) is 0 Å². The topological polar surface area (TPSA) is 27.6 Å². The predicted octanol–water partition coefficient (Wildman–Crippen LogP) is 1.60. The minimum absolute atomic E-state index is 0.782. The van der Waals surface area contributed by atoms with Crippen LogP contribution in [-0.4, -0.2) is 36.0 Å². The van der Waals surface area contributed by atoms with E-state index in [2.05, 4.69) is 29.1 Å². The van der Waals surface area contributed by atoms with Gasteiger partial charge in [0.25, 0.3) is 0 Å². The summed E-state index contributed by atoms with van der Waals surface area (Å²) >= 11 is 0. The largest absolute Gasteiger partial charge is 0.356 e. The Balaban J connectivity index is 2.07. The summed E-state index contributed by atoms with van der Waals surface area (Å²) < 4.78 is 0. The highest BCUT2D eigenvalue weighted by Gasteiger charge is 2.40. The first kappa shape index (κ1) is 9.81. The van der Waals surface area contributed by atoms with Crippen LogP contribution in [0.4, 0.5) is 0 Å². The second kappa shape index (κ2) is 4.20. The Morgan fingerprint density at radius 3 is 2.21 bits per heavy atom. The van der Waals surface area contributed by atoms with Gasteiger partial charge in [0.2, 0.25) is 0 Å². The van der Waals surface area contributed by atoms with Crippen molar-refractivity contribution >= 4 is 5.96 Å². The highest BCUT2D eigenvalue weighted by Crippen LogP contribution is 2.37. The number of hydrogen-bond acceptors (Lipinski definition) is 1. The Hall–Kier alpha value is -0.730. The fraction of sp³-hybridized carbons (Fsp3) is 0.909. The van der Waals surface area contributed by atoms with Crippen molar-refractivity contribution in [2.45, 2.75) is 51.6 Å². The van der Waals surface area contributed by atoms with Gasteiger partial charge in [-0.3, -0.25) is 4.99 Å². The molecule has 0 aliphatic carbocycles. The fourth-order valence-electron chi connectivity index (χ4n) is 2.80. The van der Waals surface area contributed by atoms with E-state index < -0.39 is 0 Å². The van der Waals surface area contributed by atoms with Crippen molar-refractivity contribution < 1.29 is 0 Å². The molecule has 3 nitrogen and oxygen atoms in total. The Morgan fingerprint density at radius 1 is 1.21 bits per heavy atom. The highest BCUT2D eigenvalue weighted by atomic mass is 15.4. The van der Waals surface area contributed by atoms with E-state index in [1.54, 1.807) is 0 Å². The molecule has 0 aromatic carbocycles. The van der Waals surface area contributed by atoms with Crippen molar-refractivity contribution in [3.8, 4) is 0 Å². The molecule has 0 saturated carbocycles. The molecule has 0 unspecified atom stereocenters. The average molecular weight is 195 g/mol. The van der Waals surface area contributed by atoms with Gasteiger partial charge in [-0.15, -0.1) is 0 Å². The Labute approximate surface area is 86.6 Å². The van der Waals surface area contributed by atoms with E-state index >= 15 is 0 Å². The SMILES string of the molecule is CCN=C(NCC)N1C2CCC1CC2. The molecule has 2 bridgehead atoms. The third-order valence-corrected chi connectivity index (χ3v) is 3.34. The van der Waals surface area contributed by atoms with Crippen LogP contribution in [-0.2, 0) is 0 Å². The molecule has 0 aromatic heterocycles. The van der Waals surface area contributed by atoms with Crippen molar-refractivity contribution in [2.24, 2.45) is 4.99 Å². The second-order valence-electron chi connectivity index (χ2n) is 4.20. The molecule has 80 valence electrons. The quantitative estimate of drug-likeness (QED) is 0.535. The summed E-state index contributed by atoms with van der Waals surface area (Å²) in [5.41, 5.74) is 0. The van der Waals surface area contributed by atoms with Crippen molar-refractivity contribution in [1.82, 2.24) is 10.2 Å². The van der Waals surface area contributed by atoms with Crippen LogP contribution in [0.25, 0.3) is 0 Å². The first-order valence-corrected chi connectivity index (χ1v) is 5.93. The number of fused-ring (bicyclic) bond motifs is 2. The summed E-state index contributed by atoms with van der Waals surface area (Å²) in [5.74, 6) is 1.15. The van der Waals surface area contributed by atoms with Crippen LogP contribution in [0.15, 0.2) is 4.99 Å². The average Bonchev–Trinajstić information content (AvgIpc) is 2.76. The zero-order valence-corrected chi connectivity index (χ0v) is 9.29. The summed E-state index contributed by atoms with van der Waals surface area (Å²) in [5, 5.41) is 3.40. The number of aliphatic imine (C=N–C) groups is 1.